The second-order valence-corrected chi connectivity index (χ2v) is 12.5. The Hall–Kier alpha value is -4.00. The van der Waals surface area contributed by atoms with Gasteiger partial charge in [0, 0.05) is 31.5 Å². The first-order valence-electron chi connectivity index (χ1n) is 14.6. The first-order chi connectivity index (χ1) is 19.6. The van der Waals surface area contributed by atoms with Gasteiger partial charge in [-0.3, -0.25) is 19.4 Å². The number of nitrogens with one attached hydrogen (secondary N) is 2. The largest absolute Gasteiger partial charge is 0.355 e. The van der Waals surface area contributed by atoms with Crippen molar-refractivity contribution in [1.29, 1.82) is 0 Å². The Morgan fingerprint density at radius 2 is 1.63 bits per heavy atom. The molecule has 3 amide bonds. The predicted octanol–water partition coefficient (Wildman–Crippen LogP) is 5.02. The van der Waals surface area contributed by atoms with Gasteiger partial charge < -0.3 is 15.5 Å². The van der Waals surface area contributed by atoms with Crippen LogP contribution in [0.2, 0.25) is 0 Å². The van der Waals surface area contributed by atoms with Gasteiger partial charge in [0.25, 0.3) is 5.91 Å². The Bertz CT molecular complexity index is 1400. The summed E-state index contributed by atoms with van der Waals surface area (Å²) in [7, 11) is 0. The minimum Gasteiger partial charge on any atom is -0.355 e. The van der Waals surface area contributed by atoms with Crippen molar-refractivity contribution in [3.05, 3.63) is 89.2 Å². The van der Waals surface area contributed by atoms with Crippen LogP contribution in [0.25, 0.3) is 11.1 Å². The van der Waals surface area contributed by atoms with E-state index in [0.717, 1.165) is 40.8 Å². The van der Waals surface area contributed by atoms with Gasteiger partial charge in [-0.15, -0.1) is 0 Å². The van der Waals surface area contributed by atoms with E-state index in [1.165, 1.54) is 6.20 Å². The summed E-state index contributed by atoms with van der Waals surface area (Å²) >= 11 is 0. The van der Waals surface area contributed by atoms with Crippen LogP contribution in [-0.4, -0.2) is 53.3 Å². The molecule has 0 spiro atoms. The predicted molar refractivity (Wildman–Crippen MR) is 160 cm³/mol. The number of unbranched alkanes of at least 4 members (excludes halogenated alkanes) is 1. The van der Waals surface area contributed by atoms with Gasteiger partial charge >= 0.3 is 0 Å². The fourth-order valence-corrected chi connectivity index (χ4v) is 6.08. The van der Waals surface area contributed by atoms with Gasteiger partial charge in [0.1, 0.15) is 11.5 Å². The monoisotopic (exact) mass is 552 g/mol. The Labute approximate surface area is 242 Å². The average molecular weight is 553 g/mol. The number of benzene rings is 2. The van der Waals surface area contributed by atoms with E-state index >= 15 is 0 Å². The maximum atomic E-state index is 14.1. The molecule has 1 atom stereocenters. The SMILES string of the molecule is Cc1ccc(C(=O)NC2CCN(CCCCC3(C(=O)NCC(C)(C)C)c4ccccc4-c4ccccc43)C2=O)cn1. The minimum absolute atomic E-state index is 0.0352. The smallest absolute Gasteiger partial charge is 0.253 e. The fraction of sp³-hybridized carbons (Fsp3) is 0.412. The molecule has 3 aromatic rings. The average Bonchev–Trinajstić information content (AvgIpc) is 3.45. The molecule has 1 saturated heterocycles. The fourth-order valence-electron chi connectivity index (χ4n) is 6.08. The molecule has 2 aromatic carbocycles. The molecular formula is C34H40N4O3. The van der Waals surface area contributed by atoms with Crippen molar-refractivity contribution in [1.82, 2.24) is 20.5 Å². The molecule has 2 aliphatic rings. The van der Waals surface area contributed by atoms with Crippen LogP contribution in [0, 0.1) is 12.3 Å². The van der Waals surface area contributed by atoms with Crippen molar-refractivity contribution < 1.29 is 14.4 Å². The van der Waals surface area contributed by atoms with Crippen LogP contribution in [0.4, 0.5) is 0 Å². The zero-order valence-electron chi connectivity index (χ0n) is 24.5. The van der Waals surface area contributed by atoms with Crippen LogP contribution in [0.1, 0.15) is 73.6 Å². The Morgan fingerprint density at radius 1 is 0.976 bits per heavy atom. The molecule has 5 rings (SSSR count). The van der Waals surface area contributed by atoms with Gasteiger partial charge in [-0.05, 0) is 72.4 Å². The molecule has 7 heteroatoms. The van der Waals surface area contributed by atoms with Crippen molar-refractivity contribution in [2.24, 2.45) is 5.41 Å². The second-order valence-electron chi connectivity index (χ2n) is 12.5. The van der Waals surface area contributed by atoms with Gasteiger partial charge in [0.2, 0.25) is 11.8 Å². The van der Waals surface area contributed by atoms with E-state index < -0.39 is 11.5 Å². The molecule has 41 heavy (non-hydrogen) atoms. The summed E-state index contributed by atoms with van der Waals surface area (Å²) in [5.74, 6) is -0.289. The summed E-state index contributed by atoms with van der Waals surface area (Å²) < 4.78 is 0. The number of nitrogens with zero attached hydrogens (tertiary/aromatic N) is 2. The van der Waals surface area contributed by atoms with E-state index in [2.05, 4.69) is 60.7 Å². The number of rotatable bonds is 9. The number of pyridine rings is 1. The molecule has 0 bridgehead atoms. The highest BCUT2D eigenvalue weighted by Crippen LogP contribution is 2.51. The third-order valence-corrected chi connectivity index (χ3v) is 8.24. The van der Waals surface area contributed by atoms with E-state index in [9.17, 15) is 14.4 Å². The summed E-state index contributed by atoms with van der Waals surface area (Å²) in [5.41, 5.74) is 4.82. The molecule has 0 saturated carbocycles. The number of carbonyl (C=O) groups excluding carboxylic acids is 3. The quantitative estimate of drug-likeness (QED) is 0.365. The molecule has 1 aliphatic heterocycles. The van der Waals surface area contributed by atoms with Crippen molar-refractivity contribution in [2.75, 3.05) is 19.6 Å². The maximum absolute atomic E-state index is 14.1. The van der Waals surface area contributed by atoms with Crippen LogP contribution < -0.4 is 10.6 Å². The van der Waals surface area contributed by atoms with Gasteiger partial charge in [-0.25, -0.2) is 0 Å². The van der Waals surface area contributed by atoms with Crippen molar-refractivity contribution in [3.8, 4) is 11.1 Å². The second kappa shape index (κ2) is 11.5. The Kier molecular flexibility index (Phi) is 7.98. The number of aryl methyl sites for hydroxylation is 1. The van der Waals surface area contributed by atoms with Crippen LogP contribution in [0.3, 0.4) is 0 Å². The third kappa shape index (κ3) is 5.76. The van der Waals surface area contributed by atoms with Crippen LogP contribution >= 0.6 is 0 Å². The minimum atomic E-state index is -0.772. The number of hydrogen-bond donors (Lipinski definition) is 2. The van der Waals surface area contributed by atoms with Crippen LogP contribution in [-0.2, 0) is 15.0 Å². The van der Waals surface area contributed by atoms with E-state index in [0.29, 0.717) is 38.0 Å². The van der Waals surface area contributed by atoms with Gasteiger partial charge in [-0.2, -0.15) is 0 Å². The first kappa shape index (κ1) is 28.5. The maximum Gasteiger partial charge on any atom is 0.253 e. The molecular weight excluding hydrogens is 512 g/mol. The highest BCUT2D eigenvalue weighted by Gasteiger charge is 2.48. The molecule has 2 N–H and O–H groups in total. The first-order valence-corrected chi connectivity index (χ1v) is 14.6. The Morgan fingerprint density at radius 3 is 2.24 bits per heavy atom. The summed E-state index contributed by atoms with van der Waals surface area (Å²) in [5, 5.41) is 6.14. The number of likely N-dealkylation sites (tertiary alicyclic amines) is 1. The number of hydrogen-bond acceptors (Lipinski definition) is 4. The lowest BCUT2D eigenvalue weighted by molar-refractivity contribution is -0.129. The van der Waals surface area contributed by atoms with Gasteiger partial charge in [0.05, 0.1) is 5.56 Å². The van der Waals surface area contributed by atoms with Crippen molar-refractivity contribution in [2.45, 2.75) is 64.8 Å². The summed E-state index contributed by atoms with van der Waals surface area (Å²) in [6.07, 6.45) is 4.33. The molecule has 1 fully saturated rings. The molecule has 1 unspecified atom stereocenters. The number of aromatic nitrogens is 1. The summed E-state index contributed by atoms with van der Waals surface area (Å²) in [4.78, 5) is 45.8. The van der Waals surface area contributed by atoms with E-state index in [1.807, 2.05) is 36.1 Å². The van der Waals surface area contributed by atoms with Gasteiger partial charge in [-0.1, -0.05) is 69.3 Å². The molecule has 7 nitrogen and oxygen atoms in total. The Balaban J connectivity index is 1.26. The highest BCUT2D eigenvalue weighted by atomic mass is 16.2. The molecule has 0 radical (unpaired) electrons. The lowest BCUT2D eigenvalue weighted by Gasteiger charge is -2.32. The lowest BCUT2D eigenvalue weighted by Crippen LogP contribution is -2.46. The molecule has 1 aliphatic carbocycles. The van der Waals surface area contributed by atoms with Crippen LogP contribution in [0.5, 0.6) is 0 Å². The van der Waals surface area contributed by atoms with Gasteiger partial charge in [0.15, 0.2) is 0 Å². The molecule has 1 aromatic heterocycles. The van der Waals surface area contributed by atoms with E-state index in [4.69, 9.17) is 0 Å². The van der Waals surface area contributed by atoms with Crippen LogP contribution in [0.15, 0.2) is 66.9 Å². The highest BCUT2D eigenvalue weighted by molar-refractivity contribution is 6.00. The standard InChI is InChI=1S/C34H40N4O3/c1-23-15-16-24(21-35-23)30(39)37-29-17-20-38(31(29)40)19-10-9-18-34(32(41)36-22-33(2,3)4)27-13-7-5-11-25(27)26-12-6-8-14-28(26)34/h5-8,11-16,21,29H,9-10,17-20,22H2,1-4H3,(H,36,41)(H,37,39). The van der Waals surface area contributed by atoms with E-state index in [1.54, 1.807) is 12.1 Å². The number of amides is 3. The number of fused-ring (bicyclic) bond motifs is 3. The zero-order valence-corrected chi connectivity index (χ0v) is 24.5. The lowest BCUT2D eigenvalue weighted by atomic mass is 9.73. The summed E-state index contributed by atoms with van der Waals surface area (Å²) in [6.45, 7) is 10.0. The third-order valence-electron chi connectivity index (χ3n) is 8.24. The van der Waals surface area contributed by atoms with Crippen molar-refractivity contribution in [3.63, 3.8) is 0 Å². The van der Waals surface area contributed by atoms with E-state index in [-0.39, 0.29) is 23.1 Å². The van der Waals surface area contributed by atoms with Crippen molar-refractivity contribution >= 4 is 17.7 Å². The summed E-state index contributed by atoms with van der Waals surface area (Å²) in [6, 6.07) is 19.5. The molecule has 2 heterocycles. The number of carbonyl (C=O) groups is 3. The zero-order chi connectivity index (χ0) is 29.2. The molecule has 214 valence electrons. The normalized spacial score (nSPS) is 17.2. The topological polar surface area (TPSA) is 91.4 Å².